The predicted molar refractivity (Wildman–Crippen MR) is 110 cm³/mol. The van der Waals surface area contributed by atoms with E-state index in [2.05, 4.69) is 45.4 Å². The molecule has 1 saturated heterocycles. The number of piperidine rings is 1. The van der Waals surface area contributed by atoms with Gasteiger partial charge in [0, 0.05) is 37.9 Å². The fourth-order valence-electron chi connectivity index (χ4n) is 4.45. The molecule has 27 heavy (non-hydrogen) atoms. The SMILES string of the molecule is CNC(=O)c1cccc(CN2CCC(CN3CCc4ccccc43)CC2)c1. The first-order chi connectivity index (χ1) is 13.2. The fraction of sp³-hybridized carbons (Fsp3) is 0.435. The van der Waals surface area contributed by atoms with Crippen LogP contribution in [-0.2, 0) is 13.0 Å². The predicted octanol–water partition coefficient (Wildman–Crippen LogP) is 3.32. The van der Waals surface area contributed by atoms with Gasteiger partial charge < -0.3 is 10.2 Å². The number of carbonyl (C=O) groups excluding carboxylic acids is 1. The van der Waals surface area contributed by atoms with Crippen molar-refractivity contribution in [2.24, 2.45) is 5.92 Å². The molecule has 0 radical (unpaired) electrons. The van der Waals surface area contributed by atoms with E-state index in [1.807, 2.05) is 18.2 Å². The Balaban J connectivity index is 1.29. The van der Waals surface area contributed by atoms with Gasteiger partial charge in [0.1, 0.15) is 0 Å². The van der Waals surface area contributed by atoms with Gasteiger partial charge in [-0.2, -0.15) is 0 Å². The Morgan fingerprint density at radius 1 is 1.07 bits per heavy atom. The smallest absolute Gasteiger partial charge is 0.251 e. The molecule has 4 rings (SSSR count). The van der Waals surface area contributed by atoms with E-state index in [1.54, 1.807) is 7.05 Å². The second kappa shape index (κ2) is 8.13. The maximum absolute atomic E-state index is 11.8. The summed E-state index contributed by atoms with van der Waals surface area (Å²) < 4.78 is 0. The van der Waals surface area contributed by atoms with Gasteiger partial charge >= 0.3 is 0 Å². The van der Waals surface area contributed by atoms with Crippen LogP contribution in [0.1, 0.15) is 34.3 Å². The van der Waals surface area contributed by atoms with E-state index < -0.39 is 0 Å². The number of nitrogens with one attached hydrogen (secondary N) is 1. The highest BCUT2D eigenvalue weighted by molar-refractivity contribution is 5.94. The number of fused-ring (bicyclic) bond motifs is 1. The molecule has 0 bridgehead atoms. The lowest BCUT2D eigenvalue weighted by Gasteiger charge is -2.34. The molecule has 1 amide bonds. The van der Waals surface area contributed by atoms with E-state index >= 15 is 0 Å². The average molecular weight is 364 g/mol. The van der Waals surface area contributed by atoms with Crippen molar-refractivity contribution in [3.05, 3.63) is 65.2 Å². The third kappa shape index (κ3) is 4.16. The summed E-state index contributed by atoms with van der Waals surface area (Å²) in [7, 11) is 1.68. The number of carbonyl (C=O) groups is 1. The van der Waals surface area contributed by atoms with Crippen LogP contribution < -0.4 is 10.2 Å². The highest BCUT2D eigenvalue weighted by Crippen LogP contribution is 2.30. The molecule has 0 saturated carbocycles. The molecule has 2 aliphatic heterocycles. The number of rotatable bonds is 5. The molecule has 0 unspecified atom stereocenters. The van der Waals surface area contributed by atoms with E-state index in [1.165, 1.54) is 49.2 Å². The highest BCUT2D eigenvalue weighted by atomic mass is 16.1. The third-order valence-electron chi connectivity index (χ3n) is 5.99. The Morgan fingerprint density at radius 3 is 2.70 bits per heavy atom. The van der Waals surface area contributed by atoms with Crippen LogP contribution in [0.3, 0.4) is 0 Å². The Morgan fingerprint density at radius 2 is 1.89 bits per heavy atom. The maximum atomic E-state index is 11.8. The molecule has 2 heterocycles. The number of benzene rings is 2. The van der Waals surface area contributed by atoms with Crippen molar-refractivity contribution in [2.45, 2.75) is 25.8 Å². The molecule has 0 aromatic heterocycles. The standard InChI is InChI=1S/C23H29N3O/c1-24-23(27)21-7-4-5-19(15-21)16-25-12-9-18(10-13-25)17-26-14-11-20-6-2-3-8-22(20)26/h2-8,15,18H,9-14,16-17H2,1H3,(H,24,27). The van der Waals surface area contributed by atoms with Crippen LogP contribution in [0.2, 0.25) is 0 Å². The molecule has 1 N–H and O–H groups in total. The number of hydrogen-bond donors (Lipinski definition) is 1. The quantitative estimate of drug-likeness (QED) is 0.885. The molecular formula is C23H29N3O. The first kappa shape index (κ1) is 18.1. The minimum atomic E-state index is -0.0125. The summed E-state index contributed by atoms with van der Waals surface area (Å²) in [5.74, 6) is 0.770. The second-order valence-corrected chi connectivity index (χ2v) is 7.82. The Bertz CT molecular complexity index is 796. The maximum Gasteiger partial charge on any atom is 0.251 e. The summed E-state index contributed by atoms with van der Waals surface area (Å²) >= 11 is 0. The number of likely N-dealkylation sites (tertiary alicyclic amines) is 1. The van der Waals surface area contributed by atoms with Crippen molar-refractivity contribution in [1.29, 1.82) is 0 Å². The van der Waals surface area contributed by atoms with Gasteiger partial charge in [-0.1, -0.05) is 30.3 Å². The third-order valence-corrected chi connectivity index (χ3v) is 5.99. The van der Waals surface area contributed by atoms with Crippen LogP contribution in [0.15, 0.2) is 48.5 Å². The lowest BCUT2D eigenvalue weighted by molar-refractivity contribution is 0.0963. The molecule has 2 aromatic rings. The number of hydrogen-bond acceptors (Lipinski definition) is 3. The van der Waals surface area contributed by atoms with E-state index in [4.69, 9.17) is 0 Å². The fourth-order valence-corrected chi connectivity index (χ4v) is 4.45. The molecule has 0 spiro atoms. The summed E-state index contributed by atoms with van der Waals surface area (Å²) in [6.07, 6.45) is 3.71. The van der Waals surface area contributed by atoms with Crippen molar-refractivity contribution in [1.82, 2.24) is 10.2 Å². The summed E-state index contributed by atoms with van der Waals surface area (Å²) in [6.45, 7) is 5.58. The monoisotopic (exact) mass is 363 g/mol. The van der Waals surface area contributed by atoms with Crippen LogP contribution in [-0.4, -0.2) is 44.0 Å². The van der Waals surface area contributed by atoms with Crippen LogP contribution in [0.4, 0.5) is 5.69 Å². The minimum Gasteiger partial charge on any atom is -0.371 e. The van der Waals surface area contributed by atoms with Gasteiger partial charge in [0.05, 0.1) is 0 Å². The summed E-state index contributed by atoms with van der Waals surface area (Å²) in [6, 6.07) is 16.9. The van der Waals surface area contributed by atoms with Gasteiger partial charge in [-0.3, -0.25) is 9.69 Å². The van der Waals surface area contributed by atoms with Gasteiger partial charge in [0.2, 0.25) is 0 Å². The molecule has 2 aliphatic rings. The molecule has 4 heteroatoms. The number of para-hydroxylation sites is 1. The number of nitrogens with zero attached hydrogens (tertiary/aromatic N) is 2. The zero-order chi connectivity index (χ0) is 18.6. The van der Waals surface area contributed by atoms with Gasteiger partial charge in [-0.25, -0.2) is 0 Å². The van der Waals surface area contributed by atoms with Crippen molar-refractivity contribution in [2.75, 3.05) is 38.1 Å². The van der Waals surface area contributed by atoms with E-state index in [0.29, 0.717) is 0 Å². The Hall–Kier alpha value is -2.33. The summed E-state index contributed by atoms with van der Waals surface area (Å²) in [4.78, 5) is 16.9. The van der Waals surface area contributed by atoms with Gasteiger partial charge in [0.25, 0.3) is 5.91 Å². The van der Waals surface area contributed by atoms with Gasteiger partial charge in [0.15, 0.2) is 0 Å². The number of anilines is 1. The van der Waals surface area contributed by atoms with Crippen LogP contribution >= 0.6 is 0 Å². The first-order valence-corrected chi connectivity index (χ1v) is 10.1. The van der Waals surface area contributed by atoms with Crippen molar-refractivity contribution >= 4 is 11.6 Å². The van der Waals surface area contributed by atoms with E-state index in [9.17, 15) is 4.79 Å². The summed E-state index contributed by atoms with van der Waals surface area (Å²) in [5.41, 5.74) is 4.93. The normalized spacial score (nSPS) is 17.7. The first-order valence-electron chi connectivity index (χ1n) is 10.1. The average Bonchev–Trinajstić information content (AvgIpc) is 3.12. The number of amides is 1. The zero-order valence-electron chi connectivity index (χ0n) is 16.2. The Labute approximate surface area is 162 Å². The summed E-state index contributed by atoms with van der Waals surface area (Å²) in [5, 5.41) is 2.70. The zero-order valence-corrected chi connectivity index (χ0v) is 16.2. The molecular weight excluding hydrogens is 334 g/mol. The van der Waals surface area contributed by atoms with Crippen LogP contribution in [0, 0.1) is 5.92 Å². The second-order valence-electron chi connectivity index (χ2n) is 7.82. The molecule has 4 nitrogen and oxygen atoms in total. The van der Waals surface area contributed by atoms with Crippen LogP contribution in [0.25, 0.3) is 0 Å². The van der Waals surface area contributed by atoms with Crippen molar-refractivity contribution in [3.63, 3.8) is 0 Å². The molecule has 1 fully saturated rings. The van der Waals surface area contributed by atoms with E-state index in [-0.39, 0.29) is 5.91 Å². The lowest BCUT2D eigenvalue weighted by Crippen LogP contribution is -2.38. The molecule has 0 aliphatic carbocycles. The van der Waals surface area contributed by atoms with Crippen molar-refractivity contribution in [3.8, 4) is 0 Å². The highest BCUT2D eigenvalue weighted by Gasteiger charge is 2.25. The largest absolute Gasteiger partial charge is 0.371 e. The van der Waals surface area contributed by atoms with Gasteiger partial charge in [-0.05, 0) is 67.6 Å². The molecule has 142 valence electrons. The molecule has 0 atom stereocenters. The van der Waals surface area contributed by atoms with E-state index in [0.717, 1.165) is 31.1 Å². The van der Waals surface area contributed by atoms with Crippen molar-refractivity contribution < 1.29 is 4.79 Å². The topological polar surface area (TPSA) is 35.6 Å². The Kier molecular flexibility index (Phi) is 5.44. The molecule has 2 aromatic carbocycles. The lowest BCUT2D eigenvalue weighted by atomic mass is 9.95. The minimum absolute atomic E-state index is 0.0125. The van der Waals surface area contributed by atoms with Crippen LogP contribution in [0.5, 0.6) is 0 Å². The van der Waals surface area contributed by atoms with Gasteiger partial charge in [-0.15, -0.1) is 0 Å².